The van der Waals surface area contributed by atoms with Crippen LogP contribution in [0.15, 0.2) is 42.5 Å². The standard InChI is InChI=1S/C21H28O5/c22-18(15-5-2-1-3-6-15)9-8-16-17(20-11-10-19(16)26-20)12-14-25-13-4-7-21(23)24/h1-3,5-6,8-9,16-20,22H,4,7,10-14H2,(H,23,24)/t16-,17+,18?,19-,20+/m0/s1. The first-order chi connectivity index (χ1) is 12.6. The molecule has 5 heteroatoms. The maximum atomic E-state index is 10.5. The second-order valence-electron chi connectivity index (χ2n) is 7.17. The number of hydrogen-bond donors (Lipinski definition) is 2. The lowest BCUT2D eigenvalue weighted by atomic mass is 9.77. The molecule has 142 valence electrons. The van der Waals surface area contributed by atoms with Gasteiger partial charge in [-0.3, -0.25) is 4.79 Å². The van der Waals surface area contributed by atoms with Crippen LogP contribution < -0.4 is 0 Å². The SMILES string of the molecule is O=C(O)CCCOCC[C@@H]1[C@H](C=CC(O)c2ccccc2)[C@@H]2CC[C@H]1O2. The third kappa shape index (κ3) is 4.93. The van der Waals surface area contributed by atoms with Crippen molar-refractivity contribution < 1.29 is 24.5 Å². The Balaban J connectivity index is 1.49. The van der Waals surface area contributed by atoms with Crippen molar-refractivity contribution in [3.63, 3.8) is 0 Å². The highest BCUT2D eigenvalue weighted by Crippen LogP contribution is 2.45. The van der Waals surface area contributed by atoms with Gasteiger partial charge in [0, 0.05) is 25.6 Å². The van der Waals surface area contributed by atoms with Crippen molar-refractivity contribution in [2.45, 2.75) is 50.4 Å². The van der Waals surface area contributed by atoms with Gasteiger partial charge >= 0.3 is 5.97 Å². The molecular formula is C21H28O5. The van der Waals surface area contributed by atoms with Crippen molar-refractivity contribution in [3.05, 3.63) is 48.0 Å². The van der Waals surface area contributed by atoms with Gasteiger partial charge in [-0.25, -0.2) is 0 Å². The van der Waals surface area contributed by atoms with Crippen molar-refractivity contribution in [1.82, 2.24) is 0 Å². The largest absolute Gasteiger partial charge is 0.481 e. The molecule has 1 aromatic carbocycles. The zero-order chi connectivity index (χ0) is 18.4. The molecule has 2 fully saturated rings. The minimum atomic E-state index is -0.780. The van der Waals surface area contributed by atoms with Gasteiger partial charge in [0.05, 0.1) is 18.3 Å². The quantitative estimate of drug-likeness (QED) is 0.494. The van der Waals surface area contributed by atoms with E-state index in [1.807, 2.05) is 36.4 Å². The number of carboxylic acid groups (broad SMARTS) is 1. The molecule has 5 nitrogen and oxygen atoms in total. The maximum Gasteiger partial charge on any atom is 0.303 e. The van der Waals surface area contributed by atoms with Crippen molar-refractivity contribution in [2.75, 3.05) is 13.2 Å². The third-order valence-electron chi connectivity index (χ3n) is 5.42. The molecule has 2 aliphatic rings. The van der Waals surface area contributed by atoms with Crippen molar-refractivity contribution in [3.8, 4) is 0 Å². The summed E-state index contributed by atoms with van der Waals surface area (Å²) in [5.74, 6) is -0.0561. The lowest BCUT2D eigenvalue weighted by Gasteiger charge is -2.26. The van der Waals surface area contributed by atoms with E-state index in [0.29, 0.717) is 31.5 Å². The van der Waals surface area contributed by atoms with Crippen LogP contribution in [0.25, 0.3) is 0 Å². The van der Waals surface area contributed by atoms with Crippen LogP contribution in [0, 0.1) is 11.8 Å². The van der Waals surface area contributed by atoms with E-state index in [4.69, 9.17) is 14.6 Å². The fourth-order valence-corrected chi connectivity index (χ4v) is 4.10. The van der Waals surface area contributed by atoms with E-state index in [9.17, 15) is 9.90 Å². The zero-order valence-corrected chi connectivity index (χ0v) is 15.0. The summed E-state index contributed by atoms with van der Waals surface area (Å²) in [6.07, 6.45) is 7.73. The molecule has 26 heavy (non-hydrogen) atoms. The van der Waals surface area contributed by atoms with Gasteiger partial charge in [0.2, 0.25) is 0 Å². The van der Waals surface area contributed by atoms with E-state index in [2.05, 4.69) is 6.08 Å². The number of carboxylic acids is 1. The Kier molecular flexibility index (Phi) is 6.83. The molecule has 0 spiro atoms. The number of fused-ring (bicyclic) bond motifs is 2. The predicted octanol–water partition coefficient (Wildman–Crippen LogP) is 3.34. The molecule has 2 bridgehead atoms. The Morgan fingerprint density at radius 1 is 1.23 bits per heavy atom. The van der Waals surface area contributed by atoms with Crippen molar-refractivity contribution in [1.29, 1.82) is 0 Å². The highest BCUT2D eigenvalue weighted by atomic mass is 16.5. The fourth-order valence-electron chi connectivity index (χ4n) is 4.10. The van der Waals surface area contributed by atoms with Gasteiger partial charge in [-0.05, 0) is 37.2 Å². The van der Waals surface area contributed by atoms with Crippen LogP contribution >= 0.6 is 0 Å². The topological polar surface area (TPSA) is 76.0 Å². The lowest BCUT2D eigenvalue weighted by Crippen LogP contribution is -2.27. The highest BCUT2D eigenvalue weighted by molar-refractivity contribution is 5.66. The number of rotatable bonds is 10. The molecule has 2 saturated heterocycles. The van der Waals surface area contributed by atoms with Crippen LogP contribution in [0.5, 0.6) is 0 Å². The summed E-state index contributed by atoms with van der Waals surface area (Å²) in [6, 6.07) is 9.65. The minimum absolute atomic E-state index is 0.153. The third-order valence-corrected chi connectivity index (χ3v) is 5.42. The normalized spacial score (nSPS) is 28.7. The molecule has 0 aliphatic carbocycles. The molecule has 0 aromatic heterocycles. The summed E-state index contributed by atoms with van der Waals surface area (Å²) in [7, 11) is 0. The number of benzene rings is 1. The number of aliphatic carboxylic acids is 1. The van der Waals surface area contributed by atoms with Gasteiger partial charge in [-0.2, -0.15) is 0 Å². The van der Waals surface area contributed by atoms with Gasteiger partial charge in [-0.1, -0.05) is 42.5 Å². The second-order valence-corrected chi connectivity index (χ2v) is 7.17. The number of aliphatic hydroxyl groups is 1. The van der Waals surface area contributed by atoms with Crippen molar-refractivity contribution >= 4 is 5.97 Å². The molecule has 0 radical (unpaired) electrons. The molecule has 0 saturated carbocycles. The van der Waals surface area contributed by atoms with E-state index in [1.165, 1.54) is 0 Å². The lowest BCUT2D eigenvalue weighted by molar-refractivity contribution is -0.137. The average molecular weight is 360 g/mol. The monoisotopic (exact) mass is 360 g/mol. The smallest absolute Gasteiger partial charge is 0.303 e. The molecule has 2 N–H and O–H groups in total. The summed E-state index contributed by atoms with van der Waals surface area (Å²) < 4.78 is 11.7. The van der Waals surface area contributed by atoms with Crippen LogP contribution in [0.4, 0.5) is 0 Å². The van der Waals surface area contributed by atoms with E-state index in [-0.39, 0.29) is 18.6 Å². The van der Waals surface area contributed by atoms with Crippen LogP contribution in [0.3, 0.4) is 0 Å². The van der Waals surface area contributed by atoms with Crippen LogP contribution in [-0.4, -0.2) is 41.6 Å². The van der Waals surface area contributed by atoms with E-state index in [0.717, 1.165) is 24.8 Å². The minimum Gasteiger partial charge on any atom is -0.481 e. The second kappa shape index (κ2) is 9.31. The Bertz CT molecular complexity index is 600. The van der Waals surface area contributed by atoms with E-state index < -0.39 is 12.1 Å². The molecule has 2 heterocycles. The summed E-state index contributed by atoms with van der Waals surface area (Å²) >= 11 is 0. The maximum absolute atomic E-state index is 10.5. The van der Waals surface area contributed by atoms with Gasteiger partial charge in [0.15, 0.2) is 0 Å². The first-order valence-corrected chi connectivity index (χ1v) is 9.51. The fraction of sp³-hybridized carbons (Fsp3) is 0.571. The van der Waals surface area contributed by atoms with E-state index >= 15 is 0 Å². The number of hydrogen-bond acceptors (Lipinski definition) is 4. The molecule has 3 rings (SSSR count). The zero-order valence-electron chi connectivity index (χ0n) is 15.0. The predicted molar refractivity (Wildman–Crippen MR) is 97.7 cm³/mol. The first-order valence-electron chi connectivity index (χ1n) is 9.51. The van der Waals surface area contributed by atoms with Gasteiger partial charge in [0.25, 0.3) is 0 Å². The molecular weight excluding hydrogens is 332 g/mol. The summed E-state index contributed by atoms with van der Waals surface area (Å²) in [4.78, 5) is 10.5. The summed E-state index contributed by atoms with van der Waals surface area (Å²) in [5.41, 5.74) is 0.895. The molecule has 2 aliphatic heterocycles. The Labute approximate surface area is 154 Å². The molecule has 5 atom stereocenters. The van der Waals surface area contributed by atoms with Crippen LogP contribution in [-0.2, 0) is 14.3 Å². The van der Waals surface area contributed by atoms with E-state index in [1.54, 1.807) is 0 Å². The number of carbonyl (C=O) groups is 1. The van der Waals surface area contributed by atoms with Gasteiger partial charge in [0.1, 0.15) is 0 Å². The Morgan fingerprint density at radius 2 is 2.00 bits per heavy atom. The molecule has 0 amide bonds. The molecule has 1 unspecified atom stereocenters. The van der Waals surface area contributed by atoms with Crippen LogP contribution in [0.1, 0.15) is 43.8 Å². The molecule has 1 aromatic rings. The summed E-state index contributed by atoms with van der Waals surface area (Å²) in [5, 5.41) is 19.0. The number of aliphatic hydroxyl groups excluding tert-OH is 1. The van der Waals surface area contributed by atoms with Gasteiger partial charge < -0.3 is 19.7 Å². The first kappa shape index (κ1) is 19.1. The Hall–Kier alpha value is -1.69. The van der Waals surface area contributed by atoms with Gasteiger partial charge in [-0.15, -0.1) is 0 Å². The summed E-state index contributed by atoms with van der Waals surface area (Å²) in [6.45, 7) is 1.11. The number of ether oxygens (including phenoxy) is 2. The average Bonchev–Trinajstić information content (AvgIpc) is 3.24. The highest BCUT2D eigenvalue weighted by Gasteiger charge is 2.47. The Morgan fingerprint density at radius 3 is 2.77 bits per heavy atom. The van der Waals surface area contributed by atoms with Crippen LogP contribution in [0.2, 0.25) is 0 Å². The van der Waals surface area contributed by atoms with Crippen molar-refractivity contribution in [2.24, 2.45) is 11.8 Å².